The standard InChI is InChI=1S/C44H25NOS/c1-2-13-28-25-29(22-21-26(28)11-1)38-31-15-5-7-17-33(31)40(34-18-8-6-16-32(34)38)45-39-30-14-4-3-12-27(30)23-24-36(39)43-41(45)42-44(47-43)35-19-9-10-20-37(35)46-42/h1-25H. The Bertz CT molecular complexity index is 3020. The summed E-state index contributed by atoms with van der Waals surface area (Å²) in [5, 5.41) is 12.3. The highest BCUT2D eigenvalue weighted by molar-refractivity contribution is 7.27. The summed E-state index contributed by atoms with van der Waals surface area (Å²) in [7, 11) is 0. The van der Waals surface area contributed by atoms with E-state index in [0.29, 0.717) is 0 Å². The number of benzene rings is 8. The first kappa shape index (κ1) is 25.3. The lowest BCUT2D eigenvalue weighted by Gasteiger charge is -2.20. The molecule has 0 aliphatic carbocycles. The van der Waals surface area contributed by atoms with Crippen molar-refractivity contribution >= 4 is 96.8 Å². The molecule has 0 fully saturated rings. The van der Waals surface area contributed by atoms with E-state index >= 15 is 0 Å². The molecule has 0 bridgehead atoms. The van der Waals surface area contributed by atoms with Crippen molar-refractivity contribution < 1.29 is 4.42 Å². The van der Waals surface area contributed by atoms with Crippen LogP contribution in [0.15, 0.2) is 156 Å². The van der Waals surface area contributed by atoms with Crippen LogP contribution in [0.5, 0.6) is 0 Å². The molecule has 8 aromatic carbocycles. The third-order valence-corrected chi connectivity index (χ3v) is 11.2. The molecule has 0 saturated heterocycles. The van der Waals surface area contributed by atoms with Gasteiger partial charge in [0.15, 0.2) is 5.58 Å². The summed E-state index contributed by atoms with van der Waals surface area (Å²) in [5.41, 5.74) is 7.93. The number of hydrogen-bond acceptors (Lipinski definition) is 2. The fourth-order valence-electron chi connectivity index (χ4n) is 7.93. The number of nitrogens with zero attached hydrogens (tertiary/aromatic N) is 1. The van der Waals surface area contributed by atoms with Gasteiger partial charge in [-0.15, -0.1) is 11.3 Å². The molecule has 0 spiro atoms. The van der Waals surface area contributed by atoms with Crippen LogP contribution in [0, 0.1) is 0 Å². The highest BCUT2D eigenvalue weighted by atomic mass is 32.1. The average Bonchev–Trinajstić information content (AvgIpc) is 3.78. The molecule has 11 aromatic rings. The summed E-state index contributed by atoms with van der Waals surface area (Å²) in [6.07, 6.45) is 0. The van der Waals surface area contributed by atoms with E-state index in [4.69, 9.17) is 4.42 Å². The zero-order chi connectivity index (χ0) is 30.6. The van der Waals surface area contributed by atoms with Crippen LogP contribution in [-0.4, -0.2) is 4.57 Å². The Balaban J connectivity index is 1.38. The fourth-order valence-corrected chi connectivity index (χ4v) is 9.20. The topological polar surface area (TPSA) is 18.1 Å². The number of aromatic nitrogens is 1. The lowest BCUT2D eigenvalue weighted by Crippen LogP contribution is -1.99. The molecule has 3 aromatic heterocycles. The van der Waals surface area contributed by atoms with Crippen molar-refractivity contribution in [2.75, 3.05) is 0 Å². The van der Waals surface area contributed by atoms with Crippen LogP contribution < -0.4 is 0 Å². The van der Waals surface area contributed by atoms with Crippen molar-refractivity contribution in [3.05, 3.63) is 152 Å². The monoisotopic (exact) mass is 615 g/mol. The predicted octanol–water partition coefficient (Wildman–Crippen LogP) is 13.0. The highest BCUT2D eigenvalue weighted by Crippen LogP contribution is 2.50. The minimum Gasteiger partial charge on any atom is -0.453 e. The van der Waals surface area contributed by atoms with Gasteiger partial charge in [-0.1, -0.05) is 133 Å². The van der Waals surface area contributed by atoms with Gasteiger partial charge in [-0.25, -0.2) is 0 Å². The number of furan rings is 1. The second kappa shape index (κ2) is 9.32. The van der Waals surface area contributed by atoms with Gasteiger partial charge in [-0.2, -0.15) is 0 Å². The van der Waals surface area contributed by atoms with E-state index in [1.807, 2.05) is 11.3 Å². The van der Waals surface area contributed by atoms with Crippen LogP contribution in [0.25, 0.3) is 102 Å². The van der Waals surface area contributed by atoms with Crippen molar-refractivity contribution in [3.8, 4) is 16.8 Å². The summed E-state index contributed by atoms with van der Waals surface area (Å²) >= 11 is 1.85. The first-order chi connectivity index (χ1) is 23.3. The number of fused-ring (bicyclic) bond motifs is 12. The van der Waals surface area contributed by atoms with Crippen molar-refractivity contribution in [2.24, 2.45) is 0 Å². The Labute approximate surface area is 273 Å². The Morgan fingerprint density at radius 1 is 0.426 bits per heavy atom. The third-order valence-electron chi connectivity index (χ3n) is 9.94. The Morgan fingerprint density at radius 3 is 1.79 bits per heavy atom. The molecule has 2 nitrogen and oxygen atoms in total. The minimum absolute atomic E-state index is 0.929. The van der Waals surface area contributed by atoms with Crippen LogP contribution in [0.4, 0.5) is 0 Å². The number of hydrogen-bond donors (Lipinski definition) is 0. The molecule has 3 heteroatoms. The third kappa shape index (κ3) is 3.39. The second-order valence-electron chi connectivity index (χ2n) is 12.4. The highest BCUT2D eigenvalue weighted by Gasteiger charge is 2.26. The number of para-hydroxylation sites is 1. The largest absolute Gasteiger partial charge is 0.453 e. The minimum atomic E-state index is 0.929. The van der Waals surface area contributed by atoms with Crippen LogP contribution in [0.3, 0.4) is 0 Å². The van der Waals surface area contributed by atoms with E-state index in [1.165, 1.54) is 85.6 Å². The van der Waals surface area contributed by atoms with Gasteiger partial charge in [-0.05, 0) is 56.3 Å². The quantitative estimate of drug-likeness (QED) is 0.177. The van der Waals surface area contributed by atoms with Crippen LogP contribution in [-0.2, 0) is 0 Å². The normalized spacial score (nSPS) is 12.3. The lowest BCUT2D eigenvalue weighted by molar-refractivity contribution is 0.672. The maximum Gasteiger partial charge on any atom is 0.170 e. The Kier molecular flexibility index (Phi) is 5.02. The summed E-state index contributed by atoms with van der Waals surface area (Å²) in [6.45, 7) is 0. The molecule has 0 radical (unpaired) electrons. The summed E-state index contributed by atoms with van der Waals surface area (Å²) in [6, 6.07) is 55.2. The van der Waals surface area contributed by atoms with Gasteiger partial charge in [0.05, 0.1) is 20.6 Å². The molecule has 0 aliphatic rings. The average molecular weight is 616 g/mol. The molecule has 218 valence electrons. The number of thiophene rings is 1. The molecule has 0 aliphatic heterocycles. The van der Waals surface area contributed by atoms with Gasteiger partial charge in [0, 0.05) is 26.9 Å². The summed E-state index contributed by atoms with van der Waals surface area (Å²) in [5.74, 6) is 0. The fraction of sp³-hybridized carbons (Fsp3) is 0. The van der Waals surface area contributed by atoms with E-state index in [-0.39, 0.29) is 0 Å². The molecule has 0 amide bonds. The van der Waals surface area contributed by atoms with Gasteiger partial charge in [0.25, 0.3) is 0 Å². The van der Waals surface area contributed by atoms with E-state index in [0.717, 1.165) is 16.7 Å². The van der Waals surface area contributed by atoms with E-state index in [2.05, 4.69) is 156 Å². The van der Waals surface area contributed by atoms with Gasteiger partial charge >= 0.3 is 0 Å². The van der Waals surface area contributed by atoms with Crippen LogP contribution in [0.1, 0.15) is 0 Å². The molecule has 3 heterocycles. The molecule has 0 saturated carbocycles. The van der Waals surface area contributed by atoms with Gasteiger partial charge < -0.3 is 8.98 Å². The molecular formula is C44H25NOS. The second-order valence-corrected chi connectivity index (χ2v) is 13.5. The predicted molar refractivity (Wildman–Crippen MR) is 201 cm³/mol. The molecule has 11 rings (SSSR count). The molecule has 0 atom stereocenters. The Morgan fingerprint density at radius 2 is 1.02 bits per heavy atom. The van der Waals surface area contributed by atoms with E-state index < -0.39 is 0 Å². The summed E-state index contributed by atoms with van der Waals surface area (Å²) < 4.78 is 11.8. The van der Waals surface area contributed by atoms with Crippen molar-refractivity contribution in [1.82, 2.24) is 4.57 Å². The number of rotatable bonds is 2. The van der Waals surface area contributed by atoms with Crippen molar-refractivity contribution in [2.45, 2.75) is 0 Å². The zero-order valence-corrected chi connectivity index (χ0v) is 26.0. The Hall–Kier alpha value is -5.90. The smallest absolute Gasteiger partial charge is 0.170 e. The first-order valence-electron chi connectivity index (χ1n) is 16.0. The van der Waals surface area contributed by atoms with Crippen molar-refractivity contribution in [3.63, 3.8) is 0 Å². The van der Waals surface area contributed by atoms with Gasteiger partial charge in [-0.3, -0.25) is 0 Å². The van der Waals surface area contributed by atoms with Crippen LogP contribution >= 0.6 is 11.3 Å². The SMILES string of the molecule is c1ccc2cc(-c3c4ccccc4c(-n4c5c6ccccc6ccc5c5sc6c7ccccc7oc6c54)c4ccccc34)ccc2c1. The van der Waals surface area contributed by atoms with E-state index in [9.17, 15) is 0 Å². The van der Waals surface area contributed by atoms with Gasteiger partial charge in [0.2, 0.25) is 0 Å². The maximum atomic E-state index is 6.76. The van der Waals surface area contributed by atoms with Crippen molar-refractivity contribution in [1.29, 1.82) is 0 Å². The zero-order valence-electron chi connectivity index (χ0n) is 25.2. The first-order valence-corrected chi connectivity index (χ1v) is 16.8. The van der Waals surface area contributed by atoms with Gasteiger partial charge in [0.1, 0.15) is 11.1 Å². The summed E-state index contributed by atoms with van der Waals surface area (Å²) in [4.78, 5) is 0. The van der Waals surface area contributed by atoms with Crippen LogP contribution in [0.2, 0.25) is 0 Å². The van der Waals surface area contributed by atoms with E-state index in [1.54, 1.807) is 0 Å². The molecule has 0 unspecified atom stereocenters. The maximum absolute atomic E-state index is 6.76. The lowest BCUT2D eigenvalue weighted by atomic mass is 9.89. The molecule has 47 heavy (non-hydrogen) atoms. The molecule has 0 N–H and O–H groups in total. The molecular weight excluding hydrogens is 591 g/mol.